The lowest BCUT2D eigenvalue weighted by Gasteiger charge is -2.10. The highest BCUT2D eigenvalue weighted by Crippen LogP contribution is 2.30. The van der Waals surface area contributed by atoms with Crippen LogP contribution in [0.25, 0.3) is 11.0 Å². The standard InChI is InChI=1S/C17H15ClO2/c1-10-5-11(2)7-13(6-10)17(19)16-9-12-8-14(18)3-4-15(12)20-16/h3-9,17,19H,1-2H3. The summed E-state index contributed by atoms with van der Waals surface area (Å²) >= 11 is 5.96. The molecule has 3 aromatic rings. The minimum absolute atomic E-state index is 0.535. The number of benzene rings is 2. The summed E-state index contributed by atoms with van der Waals surface area (Å²) < 4.78 is 5.71. The first-order valence-corrected chi connectivity index (χ1v) is 6.86. The Labute approximate surface area is 122 Å². The van der Waals surface area contributed by atoms with Crippen molar-refractivity contribution in [1.29, 1.82) is 0 Å². The number of fused-ring (bicyclic) bond motifs is 1. The molecule has 0 saturated carbocycles. The summed E-state index contributed by atoms with van der Waals surface area (Å²) in [6, 6.07) is 13.3. The van der Waals surface area contributed by atoms with Crippen molar-refractivity contribution in [2.75, 3.05) is 0 Å². The van der Waals surface area contributed by atoms with E-state index in [1.54, 1.807) is 6.07 Å². The molecule has 0 aliphatic heterocycles. The van der Waals surface area contributed by atoms with Crippen molar-refractivity contribution in [1.82, 2.24) is 0 Å². The van der Waals surface area contributed by atoms with Crippen LogP contribution in [0.1, 0.15) is 28.6 Å². The maximum absolute atomic E-state index is 10.5. The van der Waals surface area contributed by atoms with Gasteiger partial charge >= 0.3 is 0 Å². The van der Waals surface area contributed by atoms with Crippen LogP contribution in [0.3, 0.4) is 0 Å². The topological polar surface area (TPSA) is 33.4 Å². The molecule has 3 heteroatoms. The van der Waals surface area contributed by atoms with Crippen LogP contribution in [0.4, 0.5) is 0 Å². The van der Waals surface area contributed by atoms with Gasteiger partial charge in [0.1, 0.15) is 17.4 Å². The van der Waals surface area contributed by atoms with Gasteiger partial charge in [-0.25, -0.2) is 0 Å². The van der Waals surface area contributed by atoms with E-state index in [0.29, 0.717) is 10.8 Å². The van der Waals surface area contributed by atoms with E-state index >= 15 is 0 Å². The Balaban J connectivity index is 2.05. The summed E-state index contributed by atoms with van der Waals surface area (Å²) in [5, 5.41) is 12.0. The molecule has 0 saturated heterocycles. The molecule has 20 heavy (non-hydrogen) atoms. The molecule has 0 aliphatic rings. The third kappa shape index (κ3) is 2.45. The molecule has 1 unspecified atom stereocenters. The number of aliphatic hydroxyl groups excluding tert-OH is 1. The number of aryl methyl sites for hydroxylation is 2. The van der Waals surface area contributed by atoms with Crippen molar-refractivity contribution in [3.8, 4) is 0 Å². The normalized spacial score (nSPS) is 12.8. The van der Waals surface area contributed by atoms with E-state index in [1.165, 1.54) is 0 Å². The minimum Gasteiger partial charge on any atom is -0.458 e. The van der Waals surface area contributed by atoms with Crippen LogP contribution in [-0.2, 0) is 0 Å². The zero-order valence-electron chi connectivity index (χ0n) is 11.4. The number of hydrogen-bond donors (Lipinski definition) is 1. The average molecular weight is 287 g/mol. The fraction of sp³-hybridized carbons (Fsp3) is 0.176. The molecule has 102 valence electrons. The smallest absolute Gasteiger partial charge is 0.138 e. The fourth-order valence-electron chi connectivity index (χ4n) is 2.50. The molecule has 3 rings (SSSR count). The van der Waals surface area contributed by atoms with Gasteiger partial charge in [-0.3, -0.25) is 0 Å². The summed E-state index contributed by atoms with van der Waals surface area (Å²) in [5.74, 6) is 0.535. The van der Waals surface area contributed by atoms with Crippen molar-refractivity contribution in [3.63, 3.8) is 0 Å². The largest absolute Gasteiger partial charge is 0.458 e. The van der Waals surface area contributed by atoms with Crippen LogP contribution in [0.15, 0.2) is 46.9 Å². The second-order valence-corrected chi connectivity index (χ2v) is 5.59. The minimum atomic E-state index is -0.764. The van der Waals surface area contributed by atoms with Crippen molar-refractivity contribution < 1.29 is 9.52 Å². The maximum Gasteiger partial charge on any atom is 0.138 e. The first kappa shape index (κ1) is 13.2. The van der Waals surface area contributed by atoms with Crippen LogP contribution < -0.4 is 0 Å². The molecule has 2 nitrogen and oxygen atoms in total. The summed E-state index contributed by atoms with van der Waals surface area (Å²) in [6.07, 6.45) is -0.764. The van der Waals surface area contributed by atoms with Gasteiger partial charge in [0.2, 0.25) is 0 Å². The highest BCUT2D eigenvalue weighted by Gasteiger charge is 2.16. The number of hydrogen-bond acceptors (Lipinski definition) is 2. The average Bonchev–Trinajstić information content (AvgIpc) is 2.79. The monoisotopic (exact) mass is 286 g/mol. The van der Waals surface area contributed by atoms with Crippen molar-refractivity contribution in [2.45, 2.75) is 20.0 Å². The molecule has 0 spiro atoms. The van der Waals surface area contributed by atoms with Gasteiger partial charge in [-0.2, -0.15) is 0 Å². The van der Waals surface area contributed by atoms with E-state index in [2.05, 4.69) is 6.07 Å². The number of rotatable bonds is 2. The van der Waals surface area contributed by atoms with Crippen molar-refractivity contribution >= 4 is 22.6 Å². The SMILES string of the molecule is Cc1cc(C)cc(C(O)c2cc3cc(Cl)ccc3o2)c1. The Kier molecular flexibility index (Phi) is 3.28. The fourth-order valence-corrected chi connectivity index (χ4v) is 2.68. The van der Waals surface area contributed by atoms with Crippen molar-refractivity contribution in [3.05, 3.63) is 69.9 Å². The predicted molar refractivity (Wildman–Crippen MR) is 81.2 cm³/mol. The zero-order chi connectivity index (χ0) is 14.3. The quantitative estimate of drug-likeness (QED) is 0.735. The number of aliphatic hydroxyl groups is 1. The molecule has 0 radical (unpaired) electrons. The van der Waals surface area contributed by atoms with Crippen LogP contribution in [-0.4, -0.2) is 5.11 Å². The van der Waals surface area contributed by atoms with E-state index in [4.69, 9.17) is 16.0 Å². The molecule has 0 aliphatic carbocycles. The van der Waals surface area contributed by atoms with Crippen LogP contribution >= 0.6 is 11.6 Å². The van der Waals surface area contributed by atoms with Crippen molar-refractivity contribution in [2.24, 2.45) is 0 Å². The second-order valence-electron chi connectivity index (χ2n) is 5.15. The number of furan rings is 1. The number of halogens is 1. The van der Waals surface area contributed by atoms with Gasteiger partial charge in [0.25, 0.3) is 0 Å². The van der Waals surface area contributed by atoms with E-state index in [9.17, 15) is 5.11 Å². The third-order valence-electron chi connectivity index (χ3n) is 3.33. The van der Waals surface area contributed by atoms with E-state index in [0.717, 1.165) is 27.7 Å². The molecule has 0 amide bonds. The highest BCUT2D eigenvalue weighted by molar-refractivity contribution is 6.31. The predicted octanol–water partition coefficient (Wildman–Crippen LogP) is 4.78. The molecular formula is C17H15ClO2. The van der Waals surface area contributed by atoms with Gasteiger partial charge in [-0.15, -0.1) is 0 Å². The van der Waals surface area contributed by atoms with E-state index in [-0.39, 0.29) is 0 Å². The van der Waals surface area contributed by atoms with Crippen LogP contribution in [0, 0.1) is 13.8 Å². The molecule has 0 fully saturated rings. The third-order valence-corrected chi connectivity index (χ3v) is 3.56. The van der Waals surface area contributed by atoms with Gasteiger partial charge < -0.3 is 9.52 Å². The Hall–Kier alpha value is -1.77. The first-order valence-electron chi connectivity index (χ1n) is 6.48. The Morgan fingerprint density at radius 1 is 1.00 bits per heavy atom. The highest BCUT2D eigenvalue weighted by atomic mass is 35.5. The molecule has 1 aromatic heterocycles. The Morgan fingerprint density at radius 2 is 1.70 bits per heavy atom. The maximum atomic E-state index is 10.5. The Bertz CT molecular complexity index is 754. The zero-order valence-corrected chi connectivity index (χ0v) is 12.1. The molecule has 1 atom stereocenters. The van der Waals surface area contributed by atoms with E-state index < -0.39 is 6.10 Å². The van der Waals surface area contributed by atoms with Crippen LogP contribution in [0.2, 0.25) is 5.02 Å². The molecular weight excluding hydrogens is 272 g/mol. The summed E-state index contributed by atoms with van der Waals surface area (Å²) in [7, 11) is 0. The molecule has 1 N–H and O–H groups in total. The van der Waals surface area contributed by atoms with Crippen LogP contribution in [0.5, 0.6) is 0 Å². The lowest BCUT2D eigenvalue weighted by molar-refractivity contribution is 0.192. The molecule has 0 bridgehead atoms. The lowest BCUT2D eigenvalue weighted by atomic mass is 10.0. The summed E-state index contributed by atoms with van der Waals surface area (Å²) in [4.78, 5) is 0. The summed E-state index contributed by atoms with van der Waals surface area (Å²) in [6.45, 7) is 4.03. The molecule has 2 aromatic carbocycles. The van der Waals surface area contributed by atoms with Gasteiger partial charge in [0, 0.05) is 10.4 Å². The Morgan fingerprint density at radius 3 is 2.40 bits per heavy atom. The van der Waals surface area contributed by atoms with Gasteiger partial charge in [0.05, 0.1) is 0 Å². The first-order chi connectivity index (χ1) is 9.52. The van der Waals surface area contributed by atoms with E-state index in [1.807, 2.05) is 44.2 Å². The second kappa shape index (κ2) is 4.97. The summed E-state index contributed by atoms with van der Waals surface area (Å²) in [5.41, 5.74) is 3.82. The van der Waals surface area contributed by atoms with Gasteiger partial charge in [-0.05, 0) is 43.7 Å². The molecule has 1 heterocycles. The van der Waals surface area contributed by atoms with Gasteiger partial charge in [0.15, 0.2) is 0 Å². The van der Waals surface area contributed by atoms with Gasteiger partial charge in [-0.1, -0.05) is 40.9 Å². The lowest BCUT2D eigenvalue weighted by Crippen LogP contribution is -1.99.